The van der Waals surface area contributed by atoms with E-state index < -0.39 is 5.82 Å². The van der Waals surface area contributed by atoms with E-state index in [0.717, 1.165) is 23.0 Å². The van der Waals surface area contributed by atoms with Crippen LogP contribution in [0.1, 0.15) is 22.8 Å². The Morgan fingerprint density at radius 3 is 2.58 bits per heavy atom. The minimum absolute atomic E-state index is 0.103. The van der Waals surface area contributed by atoms with Crippen molar-refractivity contribution in [2.45, 2.75) is 19.6 Å². The Morgan fingerprint density at radius 2 is 1.92 bits per heavy atom. The molecular weight excluding hydrogens is 337 g/mol. The van der Waals surface area contributed by atoms with Gasteiger partial charge in [0, 0.05) is 24.7 Å². The highest BCUT2D eigenvalue weighted by Gasteiger charge is 2.27. The van der Waals surface area contributed by atoms with Gasteiger partial charge >= 0.3 is 0 Å². The molecular formula is C19H22FN3O3. The first-order valence-electron chi connectivity index (χ1n) is 8.27. The molecule has 0 spiro atoms. The van der Waals surface area contributed by atoms with Crippen molar-refractivity contribution < 1.29 is 18.7 Å². The Balaban J connectivity index is 1.83. The molecule has 1 unspecified atom stereocenters. The number of benzene rings is 2. The van der Waals surface area contributed by atoms with Crippen LogP contribution < -0.4 is 25.0 Å². The summed E-state index contributed by atoms with van der Waals surface area (Å²) in [5, 5.41) is 6.21. The van der Waals surface area contributed by atoms with E-state index in [1.165, 1.54) is 19.2 Å². The van der Waals surface area contributed by atoms with Crippen molar-refractivity contribution in [2.24, 2.45) is 0 Å². The number of ether oxygens (including phenoxy) is 2. The number of nitrogens with one attached hydrogen (secondary N) is 2. The molecule has 1 amide bonds. The van der Waals surface area contributed by atoms with Gasteiger partial charge in [-0.3, -0.25) is 4.79 Å². The van der Waals surface area contributed by atoms with Crippen molar-refractivity contribution >= 4 is 17.3 Å². The molecule has 0 saturated heterocycles. The van der Waals surface area contributed by atoms with Gasteiger partial charge in [0.15, 0.2) is 11.6 Å². The second-order valence-corrected chi connectivity index (χ2v) is 6.11. The highest BCUT2D eigenvalue weighted by atomic mass is 19.1. The van der Waals surface area contributed by atoms with E-state index in [2.05, 4.69) is 22.5 Å². The van der Waals surface area contributed by atoms with Crippen molar-refractivity contribution in [2.75, 3.05) is 31.5 Å². The quantitative estimate of drug-likeness (QED) is 0.859. The van der Waals surface area contributed by atoms with Crippen molar-refractivity contribution in [1.82, 2.24) is 5.32 Å². The molecule has 2 aromatic rings. The SMILES string of the molecule is COc1ccc(C(=O)NCc2c(OC)ccc3c2N(C)C(C)N3)cc1F. The van der Waals surface area contributed by atoms with Gasteiger partial charge < -0.3 is 25.0 Å². The van der Waals surface area contributed by atoms with Gasteiger partial charge in [0.25, 0.3) is 5.91 Å². The van der Waals surface area contributed by atoms with Crippen LogP contribution in [0.4, 0.5) is 15.8 Å². The molecule has 7 heteroatoms. The van der Waals surface area contributed by atoms with E-state index in [-0.39, 0.29) is 29.9 Å². The summed E-state index contributed by atoms with van der Waals surface area (Å²) < 4.78 is 24.2. The molecule has 1 heterocycles. The summed E-state index contributed by atoms with van der Waals surface area (Å²) >= 11 is 0. The maximum Gasteiger partial charge on any atom is 0.251 e. The van der Waals surface area contributed by atoms with Crippen LogP contribution in [-0.4, -0.2) is 33.3 Å². The molecule has 2 aromatic carbocycles. The van der Waals surface area contributed by atoms with Crippen molar-refractivity contribution in [3.8, 4) is 11.5 Å². The van der Waals surface area contributed by atoms with Gasteiger partial charge in [-0.1, -0.05) is 0 Å². The van der Waals surface area contributed by atoms with Crippen LogP contribution in [0.15, 0.2) is 30.3 Å². The number of halogens is 1. The molecule has 0 saturated carbocycles. The molecule has 0 aromatic heterocycles. The first kappa shape index (κ1) is 17.8. The first-order valence-corrected chi connectivity index (χ1v) is 8.27. The number of carbonyl (C=O) groups is 1. The van der Waals surface area contributed by atoms with Crippen LogP contribution >= 0.6 is 0 Å². The zero-order valence-electron chi connectivity index (χ0n) is 15.2. The molecule has 0 aliphatic carbocycles. The molecule has 0 bridgehead atoms. The zero-order valence-corrected chi connectivity index (χ0v) is 15.2. The third-order valence-electron chi connectivity index (χ3n) is 4.60. The number of anilines is 2. The van der Waals surface area contributed by atoms with Gasteiger partial charge in [-0.05, 0) is 37.3 Å². The molecule has 0 fully saturated rings. The van der Waals surface area contributed by atoms with E-state index in [1.807, 2.05) is 19.2 Å². The smallest absolute Gasteiger partial charge is 0.251 e. The Labute approximate surface area is 151 Å². The summed E-state index contributed by atoms with van der Waals surface area (Å²) in [6.45, 7) is 2.31. The number of hydrogen-bond donors (Lipinski definition) is 2. The normalized spacial score (nSPS) is 15.3. The number of nitrogens with zero attached hydrogens (tertiary/aromatic N) is 1. The summed E-state index contributed by atoms with van der Waals surface area (Å²) in [6, 6.07) is 7.95. The summed E-state index contributed by atoms with van der Waals surface area (Å²) in [6.07, 6.45) is 0.141. The zero-order chi connectivity index (χ0) is 18.8. The standard InChI is InChI=1S/C19H22FN3O3/c1-11-22-15-6-8-16(25-3)13(18(15)23(11)2)10-21-19(24)12-5-7-17(26-4)14(20)9-12/h5-9,11,22H,10H2,1-4H3,(H,21,24). The molecule has 138 valence electrons. The Bertz CT molecular complexity index is 841. The molecule has 1 atom stereocenters. The Hall–Kier alpha value is -2.96. The van der Waals surface area contributed by atoms with Gasteiger partial charge in [0.2, 0.25) is 0 Å². The number of hydrogen-bond acceptors (Lipinski definition) is 5. The molecule has 2 N–H and O–H groups in total. The fraction of sp³-hybridized carbons (Fsp3) is 0.316. The van der Waals surface area contributed by atoms with Crippen LogP contribution in [0.3, 0.4) is 0 Å². The van der Waals surface area contributed by atoms with E-state index in [9.17, 15) is 9.18 Å². The fourth-order valence-electron chi connectivity index (χ4n) is 3.09. The summed E-state index contributed by atoms with van der Waals surface area (Å²) in [5.74, 6) is -0.151. The largest absolute Gasteiger partial charge is 0.496 e. The van der Waals surface area contributed by atoms with Gasteiger partial charge in [-0.15, -0.1) is 0 Å². The van der Waals surface area contributed by atoms with Crippen LogP contribution in [0.5, 0.6) is 11.5 Å². The third kappa shape index (κ3) is 3.12. The third-order valence-corrected chi connectivity index (χ3v) is 4.60. The average Bonchev–Trinajstić information content (AvgIpc) is 2.93. The van der Waals surface area contributed by atoms with Crippen molar-refractivity contribution in [3.63, 3.8) is 0 Å². The maximum absolute atomic E-state index is 13.8. The highest BCUT2D eigenvalue weighted by Crippen LogP contribution is 2.41. The lowest BCUT2D eigenvalue weighted by atomic mass is 10.1. The van der Waals surface area contributed by atoms with E-state index in [0.29, 0.717) is 5.75 Å². The number of rotatable bonds is 5. The highest BCUT2D eigenvalue weighted by molar-refractivity contribution is 5.94. The second-order valence-electron chi connectivity index (χ2n) is 6.11. The van der Waals surface area contributed by atoms with Crippen molar-refractivity contribution in [3.05, 3.63) is 47.3 Å². The van der Waals surface area contributed by atoms with E-state index in [1.54, 1.807) is 7.11 Å². The maximum atomic E-state index is 13.8. The van der Waals surface area contributed by atoms with Crippen molar-refractivity contribution in [1.29, 1.82) is 0 Å². The van der Waals surface area contributed by atoms with Crippen LogP contribution in [0.2, 0.25) is 0 Å². The van der Waals surface area contributed by atoms with Gasteiger partial charge in [0.1, 0.15) is 5.75 Å². The Kier molecular flexibility index (Phi) is 4.88. The lowest BCUT2D eigenvalue weighted by Crippen LogP contribution is -2.30. The Morgan fingerprint density at radius 1 is 1.23 bits per heavy atom. The first-order chi connectivity index (χ1) is 12.5. The average molecular weight is 359 g/mol. The van der Waals surface area contributed by atoms with Gasteiger partial charge in [0.05, 0.1) is 31.8 Å². The van der Waals surface area contributed by atoms with Crippen LogP contribution in [-0.2, 0) is 6.54 Å². The summed E-state index contributed by atoms with van der Waals surface area (Å²) in [7, 11) is 4.96. The fourth-order valence-corrected chi connectivity index (χ4v) is 3.09. The lowest BCUT2D eigenvalue weighted by Gasteiger charge is -2.21. The lowest BCUT2D eigenvalue weighted by molar-refractivity contribution is 0.0950. The topological polar surface area (TPSA) is 62.8 Å². The number of carbonyl (C=O) groups excluding carboxylic acids is 1. The van der Waals surface area contributed by atoms with Crippen LogP contribution in [0.25, 0.3) is 0 Å². The summed E-state index contributed by atoms with van der Waals surface area (Å²) in [4.78, 5) is 14.5. The molecule has 1 aliphatic rings. The summed E-state index contributed by atoms with van der Waals surface area (Å²) in [5.41, 5.74) is 3.07. The van der Waals surface area contributed by atoms with Gasteiger partial charge in [-0.25, -0.2) is 4.39 Å². The predicted octanol–water partition coefficient (Wildman–Crippen LogP) is 2.98. The minimum atomic E-state index is -0.573. The number of amides is 1. The van der Waals surface area contributed by atoms with E-state index in [4.69, 9.17) is 9.47 Å². The van der Waals surface area contributed by atoms with Gasteiger partial charge in [-0.2, -0.15) is 0 Å². The predicted molar refractivity (Wildman–Crippen MR) is 98.6 cm³/mol. The number of fused-ring (bicyclic) bond motifs is 1. The second kappa shape index (κ2) is 7.11. The molecule has 0 radical (unpaired) electrons. The molecule has 1 aliphatic heterocycles. The monoisotopic (exact) mass is 359 g/mol. The van der Waals surface area contributed by atoms with Crippen LogP contribution in [0, 0.1) is 5.82 Å². The number of methoxy groups -OCH3 is 2. The minimum Gasteiger partial charge on any atom is -0.496 e. The molecule has 6 nitrogen and oxygen atoms in total. The van der Waals surface area contributed by atoms with E-state index >= 15 is 0 Å². The molecule has 3 rings (SSSR count). The molecule has 26 heavy (non-hydrogen) atoms.